The van der Waals surface area contributed by atoms with E-state index in [1.165, 1.54) is 6.92 Å². The molecule has 1 aliphatic rings. The van der Waals surface area contributed by atoms with E-state index in [2.05, 4.69) is 0 Å². The van der Waals surface area contributed by atoms with Crippen molar-refractivity contribution in [3.63, 3.8) is 0 Å². The first kappa shape index (κ1) is 26.9. The number of ether oxygens (including phenoxy) is 1. The summed E-state index contributed by atoms with van der Waals surface area (Å²) in [6.07, 6.45) is -10.5. The maximum Gasteiger partial charge on any atom is 0.416 e. The Morgan fingerprint density at radius 1 is 0.971 bits per heavy atom. The third kappa shape index (κ3) is 5.78. The molecule has 2 aromatic rings. The van der Waals surface area contributed by atoms with Gasteiger partial charge in [-0.15, -0.1) is 0 Å². The minimum absolute atomic E-state index is 0.0465. The van der Waals surface area contributed by atoms with E-state index >= 15 is 0 Å². The third-order valence-corrected chi connectivity index (χ3v) is 6.89. The van der Waals surface area contributed by atoms with E-state index in [0.29, 0.717) is 12.1 Å². The quantitative estimate of drug-likeness (QED) is 0.272. The van der Waals surface area contributed by atoms with Gasteiger partial charge in [0.05, 0.1) is 23.8 Å². The molecule has 0 amide bonds. The summed E-state index contributed by atoms with van der Waals surface area (Å²) in [4.78, 5) is 11.1. The SMILES string of the molecule is C[C@@H](OCC1(c2ccccc2)CCC(CO)([N+](=O)[O-])CC1)c1cc(C(F)(F)F)cc(C(F)(F)F)c1. The van der Waals surface area contributed by atoms with Gasteiger partial charge in [-0.3, -0.25) is 10.1 Å². The van der Waals surface area contributed by atoms with Gasteiger partial charge in [-0.1, -0.05) is 30.3 Å². The lowest BCUT2D eigenvalue weighted by Gasteiger charge is -2.42. The number of aliphatic hydroxyl groups is 1. The Balaban J connectivity index is 1.89. The van der Waals surface area contributed by atoms with Gasteiger partial charge in [0.15, 0.2) is 0 Å². The van der Waals surface area contributed by atoms with E-state index < -0.39 is 52.1 Å². The van der Waals surface area contributed by atoms with Crippen LogP contribution < -0.4 is 0 Å². The van der Waals surface area contributed by atoms with Gasteiger partial charge in [-0.05, 0) is 49.1 Å². The maximum absolute atomic E-state index is 13.2. The summed E-state index contributed by atoms with van der Waals surface area (Å²) in [6.45, 7) is 0.661. The zero-order chi connectivity index (χ0) is 26.1. The molecule has 0 saturated heterocycles. The van der Waals surface area contributed by atoms with Crippen molar-refractivity contribution in [2.75, 3.05) is 13.2 Å². The Morgan fingerprint density at radius 3 is 1.91 bits per heavy atom. The molecular weight excluding hydrogens is 480 g/mol. The number of nitro groups is 1. The maximum atomic E-state index is 13.2. The van der Waals surface area contributed by atoms with Crippen LogP contribution in [0.1, 0.15) is 61.0 Å². The van der Waals surface area contributed by atoms with Gasteiger partial charge < -0.3 is 9.84 Å². The highest BCUT2D eigenvalue weighted by Gasteiger charge is 2.51. The van der Waals surface area contributed by atoms with E-state index in [1.807, 2.05) is 0 Å². The molecule has 1 atom stereocenters. The van der Waals surface area contributed by atoms with E-state index in [9.17, 15) is 41.6 Å². The molecular formula is C24H25F6NO4. The van der Waals surface area contributed by atoms with Gasteiger partial charge in [0.25, 0.3) is 0 Å². The number of nitrogens with zero attached hydrogens (tertiary/aromatic N) is 1. The molecule has 35 heavy (non-hydrogen) atoms. The zero-order valence-electron chi connectivity index (χ0n) is 18.8. The minimum atomic E-state index is -4.97. The topological polar surface area (TPSA) is 72.6 Å². The summed E-state index contributed by atoms with van der Waals surface area (Å²) < 4.78 is 85.3. The molecule has 1 aliphatic carbocycles. The predicted octanol–water partition coefficient (Wildman–Crippen LogP) is 6.32. The molecule has 0 radical (unpaired) electrons. The first-order valence-corrected chi connectivity index (χ1v) is 10.9. The van der Waals surface area contributed by atoms with Crippen LogP contribution in [0.2, 0.25) is 0 Å². The lowest BCUT2D eigenvalue weighted by atomic mass is 9.65. The monoisotopic (exact) mass is 505 g/mol. The number of rotatable bonds is 7. The normalized spacial score (nSPS) is 24.2. The second-order valence-electron chi connectivity index (χ2n) is 9.08. The van der Waals surface area contributed by atoms with E-state index in [0.717, 1.165) is 5.56 Å². The molecule has 0 spiro atoms. The fourth-order valence-electron chi connectivity index (χ4n) is 4.49. The van der Waals surface area contributed by atoms with Crippen LogP contribution in [0.15, 0.2) is 48.5 Å². The van der Waals surface area contributed by atoms with Gasteiger partial charge in [-0.2, -0.15) is 26.3 Å². The molecule has 2 aromatic carbocycles. The van der Waals surface area contributed by atoms with Gasteiger partial charge in [0, 0.05) is 23.2 Å². The molecule has 11 heteroatoms. The number of aliphatic hydroxyl groups excluding tert-OH is 1. The highest BCUT2D eigenvalue weighted by atomic mass is 19.4. The Hall–Kier alpha value is -2.66. The van der Waals surface area contributed by atoms with Crippen molar-refractivity contribution < 1.29 is 41.1 Å². The number of halogens is 6. The smallest absolute Gasteiger partial charge is 0.389 e. The fraction of sp³-hybridized carbons (Fsp3) is 0.500. The standard InChI is InChI=1S/C24H25F6NO4/c1-16(17-11-19(23(25,26)27)13-20(12-17)24(28,29)30)35-15-21(18-5-3-2-4-6-18)7-9-22(14-32,10-8-21)31(33)34/h2-6,11-13,16,32H,7-10,14-15H2,1H3/t16-,21?,22?/m1/s1. The van der Waals surface area contributed by atoms with Crippen LogP contribution in [0.5, 0.6) is 0 Å². The summed E-state index contributed by atoms with van der Waals surface area (Å²) in [5, 5.41) is 21.2. The molecule has 1 fully saturated rings. The zero-order valence-corrected chi connectivity index (χ0v) is 18.8. The lowest BCUT2D eigenvalue weighted by molar-refractivity contribution is -0.579. The van der Waals surface area contributed by atoms with Crippen LogP contribution in [-0.4, -0.2) is 28.8 Å². The van der Waals surface area contributed by atoms with Crippen LogP contribution in [-0.2, 0) is 22.5 Å². The van der Waals surface area contributed by atoms with E-state index in [1.54, 1.807) is 30.3 Å². The molecule has 192 valence electrons. The average Bonchev–Trinajstić information content (AvgIpc) is 2.82. The Morgan fingerprint density at radius 2 is 1.49 bits per heavy atom. The predicted molar refractivity (Wildman–Crippen MR) is 114 cm³/mol. The van der Waals surface area contributed by atoms with Gasteiger partial charge >= 0.3 is 12.4 Å². The van der Waals surface area contributed by atoms with Crippen molar-refractivity contribution >= 4 is 0 Å². The number of benzene rings is 2. The minimum Gasteiger partial charge on any atom is -0.389 e. The molecule has 0 aromatic heterocycles. The van der Waals surface area contributed by atoms with Gasteiger partial charge in [0.2, 0.25) is 5.54 Å². The molecule has 0 heterocycles. The molecule has 0 bridgehead atoms. The van der Waals surface area contributed by atoms with Crippen molar-refractivity contribution in [1.29, 1.82) is 0 Å². The van der Waals surface area contributed by atoms with Crippen LogP contribution >= 0.6 is 0 Å². The first-order chi connectivity index (χ1) is 16.2. The highest BCUT2D eigenvalue weighted by molar-refractivity contribution is 5.35. The summed E-state index contributed by atoms with van der Waals surface area (Å²) in [5.74, 6) is 0. The molecule has 1 N–H and O–H groups in total. The number of alkyl halides is 6. The third-order valence-electron chi connectivity index (χ3n) is 6.89. The molecule has 0 aliphatic heterocycles. The summed E-state index contributed by atoms with van der Waals surface area (Å²) in [6, 6.07) is 10.3. The Kier molecular flexibility index (Phi) is 7.52. The number of hydrogen-bond acceptors (Lipinski definition) is 4. The highest BCUT2D eigenvalue weighted by Crippen LogP contribution is 2.45. The molecule has 3 rings (SSSR count). The van der Waals surface area contributed by atoms with Crippen molar-refractivity contribution in [1.82, 2.24) is 0 Å². The molecule has 0 unspecified atom stereocenters. The fourth-order valence-corrected chi connectivity index (χ4v) is 4.49. The lowest BCUT2D eigenvalue weighted by Crippen LogP contribution is -2.50. The summed E-state index contributed by atoms with van der Waals surface area (Å²) in [7, 11) is 0. The van der Waals surface area contributed by atoms with Crippen LogP contribution in [0, 0.1) is 10.1 Å². The van der Waals surface area contributed by atoms with Crippen LogP contribution in [0.4, 0.5) is 26.3 Å². The van der Waals surface area contributed by atoms with Gasteiger partial charge in [0.1, 0.15) is 6.61 Å². The summed E-state index contributed by atoms with van der Waals surface area (Å²) >= 11 is 0. The summed E-state index contributed by atoms with van der Waals surface area (Å²) in [5.41, 5.74) is -4.58. The van der Waals surface area contributed by atoms with Crippen molar-refractivity contribution in [2.24, 2.45) is 0 Å². The second-order valence-corrected chi connectivity index (χ2v) is 9.08. The van der Waals surface area contributed by atoms with Crippen molar-refractivity contribution in [3.8, 4) is 0 Å². The second kappa shape index (κ2) is 9.77. The van der Waals surface area contributed by atoms with Gasteiger partial charge in [-0.25, -0.2) is 0 Å². The molecule has 5 nitrogen and oxygen atoms in total. The molecule has 1 saturated carbocycles. The van der Waals surface area contributed by atoms with E-state index in [-0.39, 0.29) is 43.9 Å². The average molecular weight is 505 g/mol. The van der Waals surface area contributed by atoms with Crippen molar-refractivity contribution in [2.45, 2.75) is 62.0 Å². The van der Waals surface area contributed by atoms with E-state index in [4.69, 9.17) is 4.74 Å². The Labute approximate surface area is 197 Å². The van der Waals surface area contributed by atoms with Crippen molar-refractivity contribution in [3.05, 3.63) is 80.9 Å². The largest absolute Gasteiger partial charge is 0.416 e. The Bertz CT molecular complexity index is 998. The van der Waals surface area contributed by atoms with Crippen LogP contribution in [0.25, 0.3) is 0 Å². The first-order valence-electron chi connectivity index (χ1n) is 10.9. The van der Waals surface area contributed by atoms with Crippen LogP contribution in [0.3, 0.4) is 0 Å². The number of hydrogen-bond donors (Lipinski definition) is 1.